The lowest BCUT2D eigenvalue weighted by Gasteiger charge is -2.06. The molecule has 0 saturated heterocycles. The Balaban J connectivity index is 2.23. The fourth-order valence-electron chi connectivity index (χ4n) is 0.744. The minimum absolute atomic E-state index is 0.0644. The van der Waals surface area contributed by atoms with Crippen molar-refractivity contribution in [2.45, 2.75) is 11.1 Å². The second-order valence-corrected chi connectivity index (χ2v) is 3.64. The molecule has 0 saturated carbocycles. The van der Waals surface area contributed by atoms with E-state index in [4.69, 9.17) is 5.73 Å². The highest BCUT2D eigenvalue weighted by atomic mass is 32.2. The van der Waals surface area contributed by atoms with E-state index in [1.54, 1.807) is 12.1 Å². The highest BCUT2D eigenvalue weighted by molar-refractivity contribution is 7.99. The first-order chi connectivity index (χ1) is 6.97. The van der Waals surface area contributed by atoms with Crippen LogP contribution in [-0.4, -0.2) is 23.7 Å². The van der Waals surface area contributed by atoms with E-state index in [-0.39, 0.29) is 5.94 Å². The molecular formula is C8H9F3N2OS. The van der Waals surface area contributed by atoms with E-state index >= 15 is 0 Å². The summed E-state index contributed by atoms with van der Waals surface area (Å²) in [5, 5.41) is 0. The summed E-state index contributed by atoms with van der Waals surface area (Å²) in [7, 11) is 0. The number of thioether (sulfide) groups is 1. The molecule has 0 bridgehead atoms. The van der Waals surface area contributed by atoms with Crippen LogP contribution in [0.4, 0.5) is 19.0 Å². The van der Waals surface area contributed by atoms with Crippen molar-refractivity contribution in [1.82, 2.24) is 4.98 Å². The lowest BCUT2D eigenvalue weighted by atomic mass is 10.5. The van der Waals surface area contributed by atoms with Crippen LogP contribution >= 0.6 is 11.8 Å². The monoisotopic (exact) mass is 238 g/mol. The molecule has 1 heterocycles. The Bertz CT molecular complexity index is 302. The summed E-state index contributed by atoms with van der Waals surface area (Å²) in [5.74, 6) is 0.307. The molecule has 2 N–H and O–H groups in total. The van der Waals surface area contributed by atoms with Crippen molar-refractivity contribution in [3.63, 3.8) is 0 Å². The Labute approximate surface area is 88.8 Å². The Morgan fingerprint density at radius 3 is 2.67 bits per heavy atom. The van der Waals surface area contributed by atoms with Gasteiger partial charge in [-0.25, -0.2) is 4.98 Å². The molecule has 1 aromatic rings. The van der Waals surface area contributed by atoms with Crippen LogP contribution in [0.15, 0.2) is 23.2 Å². The van der Waals surface area contributed by atoms with Crippen molar-refractivity contribution in [2.75, 3.05) is 18.3 Å². The molecule has 0 aromatic carbocycles. The number of hydrogen-bond donors (Lipinski definition) is 1. The van der Waals surface area contributed by atoms with E-state index in [0.29, 0.717) is 10.7 Å². The third kappa shape index (κ3) is 5.48. The van der Waals surface area contributed by atoms with Gasteiger partial charge in [-0.1, -0.05) is 11.8 Å². The van der Waals surface area contributed by atoms with Gasteiger partial charge in [0, 0.05) is 11.1 Å². The van der Waals surface area contributed by atoms with Crippen LogP contribution in [0.3, 0.4) is 0 Å². The standard InChI is InChI=1S/C8H9F3N2OS/c9-8(10,11)4-14-5-15-6-1-2-7(12)13-3-6/h1-3H,4-5H2,(H2,12,13). The van der Waals surface area contributed by atoms with Crippen molar-refractivity contribution in [3.05, 3.63) is 18.3 Å². The number of rotatable bonds is 4. The number of anilines is 1. The van der Waals surface area contributed by atoms with Gasteiger partial charge in [0.15, 0.2) is 0 Å². The van der Waals surface area contributed by atoms with Gasteiger partial charge in [-0.15, -0.1) is 0 Å². The maximum Gasteiger partial charge on any atom is 0.411 e. The predicted octanol–water partition coefficient (Wildman–Crippen LogP) is 2.29. The Morgan fingerprint density at radius 2 is 2.13 bits per heavy atom. The fourth-order valence-corrected chi connectivity index (χ4v) is 1.34. The number of ether oxygens (including phenoxy) is 1. The Hall–Kier alpha value is -0.950. The smallest absolute Gasteiger partial charge is 0.384 e. The average Bonchev–Trinajstić information content (AvgIpc) is 2.14. The number of nitrogens with two attached hydrogens (primary N) is 1. The highest BCUT2D eigenvalue weighted by Crippen LogP contribution is 2.20. The summed E-state index contributed by atoms with van der Waals surface area (Å²) < 4.78 is 39.4. The molecule has 0 fully saturated rings. The molecule has 0 aliphatic rings. The van der Waals surface area contributed by atoms with Gasteiger partial charge in [0.1, 0.15) is 12.4 Å². The second-order valence-electron chi connectivity index (χ2n) is 2.64. The summed E-state index contributed by atoms with van der Waals surface area (Å²) in [6.07, 6.45) is -2.79. The molecule has 0 radical (unpaired) electrons. The van der Waals surface area contributed by atoms with Gasteiger partial charge < -0.3 is 10.5 Å². The number of pyridine rings is 1. The highest BCUT2D eigenvalue weighted by Gasteiger charge is 2.27. The summed E-state index contributed by atoms with van der Waals surface area (Å²) >= 11 is 1.13. The molecular weight excluding hydrogens is 229 g/mol. The van der Waals surface area contributed by atoms with E-state index in [2.05, 4.69) is 9.72 Å². The van der Waals surface area contributed by atoms with E-state index in [1.807, 2.05) is 0 Å². The third-order valence-electron chi connectivity index (χ3n) is 1.33. The summed E-state index contributed by atoms with van der Waals surface area (Å²) in [5.41, 5.74) is 5.34. The molecule has 3 nitrogen and oxygen atoms in total. The van der Waals surface area contributed by atoms with Crippen LogP contribution in [0.25, 0.3) is 0 Å². The zero-order valence-electron chi connectivity index (χ0n) is 7.62. The first-order valence-electron chi connectivity index (χ1n) is 3.96. The number of aromatic nitrogens is 1. The maximum absolute atomic E-state index is 11.7. The van der Waals surface area contributed by atoms with Crippen LogP contribution in [0.5, 0.6) is 0 Å². The van der Waals surface area contributed by atoms with Gasteiger partial charge in [0.2, 0.25) is 0 Å². The molecule has 15 heavy (non-hydrogen) atoms. The first-order valence-corrected chi connectivity index (χ1v) is 4.95. The minimum Gasteiger partial charge on any atom is -0.384 e. The van der Waals surface area contributed by atoms with Crippen molar-refractivity contribution >= 4 is 17.6 Å². The van der Waals surface area contributed by atoms with Gasteiger partial charge in [-0.05, 0) is 12.1 Å². The molecule has 7 heteroatoms. The van der Waals surface area contributed by atoms with Crippen LogP contribution in [-0.2, 0) is 4.74 Å². The topological polar surface area (TPSA) is 48.1 Å². The Morgan fingerprint density at radius 1 is 1.40 bits per heavy atom. The number of hydrogen-bond acceptors (Lipinski definition) is 4. The average molecular weight is 238 g/mol. The molecule has 0 aliphatic heterocycles. The van der Waals surface area contributed by atoms with Crippen LogP contribution in [0.2, 0.25) is 0 Å². The molecule has 0 aliphatic carbocycles. The second kappa shape index (κ2) is 5.22. The van der Waals surface area contributed by atoms with Crippen molar-refractivity contribution in [2.24, 2.45) is 0 Å². The number of halogens is 3. The van der Waals surface area contributed by atoms with Gasteiger partial charge in [0.05, 0.1) is 5.94 Å². The number of alkyl halides is 3. The summed E-state index contributed by atoms with van der Waals surface area (Å²) in [6, 6.07) is 3.25. The van der Waals surface area contributed by atoms with Gasteiger partial charge in [-0.3, -0.25) is 0 Å². The van der Waals surface area contributed by atoms with Crippen molar-refractivity contribution < 1.29 is 17.9 Å². The minimum atomic E-state index is -4.28. The SMILES string of the molecule is Nc1ccc(SCOCC(F)(F)F)cn1. The van der Waals surface area contributed by atoms with E-state index < -0.39 is 12.8 Å². The molecule has 84 valence electrons. The molecule has 0 unspecified atom stereocenters. The van der Waals surface area contributed by atoms with E-state index in [1.165, 1.54) is 6.20 Å². The fraction of sp³-hybridized carbons (Fsp3) is 0.375. The lowest BCUT2D eigenvalue weighted by molar-refractivity contribution is -0.168. The molecule has 1 rings (SSSR count). The zero-order valence-corrected chi connectivity index (χ0v) is 8.44. The van der Waals surface area contributed by atoms with Gasteiger partial charge >= 0.3 is 6.18 Å². The van der Waals surface area contributed by atoms with Crippen LogP contribution in [0.1, 0.15) is 0 Å². The molecule has 0 amide bonds. The number of nitrogens with zero attached hydrogens (tertiary/aromatic N) is 1. The van der Waals surface area contributed by atoms with Crippen molar-refractivity contribution in [3.8, 4) is 0 Å². The summed E-state index contributed by atoms with van der Waals surface area (Å²) in [6.45, 7) is -1.23. The Kier molecular flexibility index (Phi) is 4.22. The third-order valence-corrected chi connectivity index (χ3v) is 2.19. The predicted molar refractivity (Wildman–Crippen MR) is 51.4 cm³/mol. The van der Waals surface area contributed by atoms with Gasteiger partial charge in [0.25, 0.3) is 0 Å². The molecule has 1 aromatic heterocycles. The first kappa shape index (κ1) is 12.1. The maximum atomic E-state index is 11.7. The quantitative estimate of drug-likeness (QED) is 0.496. The van der Waals surface area contributed by atoms with Crippen LogP contribution in [0, 0.1) is 0 Å². The van der Waals surface area contributed by atoms with E-state index in [0.717, 1.165) is 11.8 Å². The summed E-state index contributed by atoms with van der Waals surface area (Å²) in [4.78, 5) is 4.50. The molecule has 0 spiro atoms. The largest absolute Gasteiger partial charge is 0.411 e. The lowest BCUT2D eigenvalue weighted by Crippen LogP contribution is -2.16. The zero-order chi connectivity index (χ0) is 11.3. The normalized spacial score (nSPS) is 11.7. The van der Waals surface area contributed by atoms with Crippen LogP contribution < -0.4 is 5.73 Å². The van der Waals surface area contributed by atoms with E-state index in [9.17, 15) is 13.2 Å². The van der Waals surface area contributed by atoms with Crippen molar-refractivity contribution in [1.29, 1.82) is 0 Å². The molecule has 0 atom stereocenters. The number of nitrogen functional groups attached to an aromatic ring is 1. The van der Waals surface area contributed by atoms with Gasteiger partial charge in [-0.2, -0.15) is 13.2 Å².